The number of carbonyl (C=O) groups is 1. The second kappa shape index (κ2) is 10.0. The van der Waals surface area contributed by atoms with E-state index in [1.54, 1.807) is 24.1 Å². The monoisotopic (exact) mass is 449 g/mol. The molecule has 1 atom stereocenters. The van der Waals surface area contributed by atoms with Crippen LogP contribution in [-0.2, 0) is 11.4 Å². The number of carbonyl (C=O) groups excluding carboxylic acids is 1. The first-order valence-corrected chi connectivity index (χ1v) is 10.5. The van der Waals surface area contributed by atoms with Crippen molar-refractivity contribution in [2.24, 2.45) is 5.16 Å². The van der Waals surface area contributed by atoms with Crippen LogP contribution in [0.5, 0.6) is 5.75 Å². The molecular weight excluding hydrogens is 425 g/mol. The van der Waals surface area contributed by atoms with Crippen LogP contribution in [0.15, 0.2) is 47.6 Å². The Morgan fingerprint density at radius 2 is 2.07 bits per heavy atom. The van der Waals surface area contributed by atoms with Gasteiger partial charge in [0.05, 0.1) is 29.4 Å². The number of methoxy groups -OCH3 is 1. The van der Waals surface area contributed by atoms with Crippen molar-refractivity contribution in [2.75, 3.05) is 13.7 Å². The fourth-order valence-corrected chi connectivity index (χ4v) is 3.47. The molecule has 0 saturated heterocycles. The molecule has 0 aliphatic carbocycles. The molecule has 160 valence electrons. The molecule has 0 bridgehead atoms. The van der Waals surface area contributed by atoms with E-state index in [2.05, 4.69) is 10.5 Å². The van der Waals surface area contributed by atoms with Gasteiger partial charge in [-0.2, -0.15) is 0 Å². The molecule has 0 unspecified atom stereocenters. The molecule has 1 N–H and O–H groups in total. The minimum atomic E-state index is -0.252. The first-order valence-electron chi connectivity index (χ1n) is 9.72. The summed E-state index contributed by atoms with van der Waals surface area (Å²) in [5, 5.41) is 8.12. The van der Waals surface area contributed by atoms with E-state index in [1.807, 2.05) is 44.2 Å². The number of nitrogens with one attached hydrogen (secondary N) is 1. The van der Waals surface area contributed by atoms with E-state index in [4.69, 9.17) is 32.8 Å². The standard InChI is InChI=1S/C22H25Cl2N3O3/c1-14(2)25-22(28)27(12-15-5-4-6-17(9-15)29-3)13-18-11-21(26-30-18)16-7-8-19(23)20(24)10-16/h4-10,14,18H,11-13H2,1-3H3,(H,25,28)/t18-/m0/s1. The smallest absolute Gasteiger partial charge is 0.318 e. The maximum Gasteiger partial charge on any atom is 0.318 e. The first kappa shape index (κ1) is 22.2. The van der Waals surface area contributed by atoms with E-state index in [1.165, 1.54) is 0 Å². The summed E-state index contributed by atoms with van der Waals surface area (Å²) >= 11 is 12.1. The molecule has 0 aromatic heterocycles. The van der Waals surface area contributed by atoms with Crippen molar-refractivity contribution >= 4 is 34.9 Å². The minimum Gasteiger partial charge on any atom is -0.497 e. The van der Waals surface area contributed by atoms with Gasteiger partial charge in [-0.3, -0.25) is 0 Å². The van der Waals surface area contributed by atoms with Crippen LogP contribution in [0, 0.1) is 0 Å². The lowest BCUT2D eigenvalue weighted by Crippen LogP contribution is -2.45. The molecule has 3 rings (SSSR count). The highest BCUT2D eigenvalue weighted by Crippen LogP contribution is 2.26. The van der Waals surface area contributed by atoms with Crippen molar-refractivity contribution in [1.29, 1.82) is 0 Å². The van der Waals surface area contributed by atoms with E-state index in [0.29, 0.717) is 29.6 Å². The van der Waals surface area contributed by atoms with Crippen LogP contribution in [-0.4, -0.2) is 42.4 Å². The van der Waals surface area contributed by atoms with Gasteiger partial charge in [0.15, 0.2) is 6.10 Å². The van der Waals surface area contributed by atoms with Gasteiger partial charge in [-0.15, -0.1) is 0 Å². The molecule has 1 aliphatic heterocycles. The largest absolute Gasteiger partial charge is 0.497 e. The fraction of sp³-hybridized carbons (Fsp3) is 0.364. The Morgan fingerprint density at radius 1 is 1.27 bits per heavy atom. The lowest BCUT2D eigenvalue weighted by atomic mass is 10.0. The number of hydrogen-bond acceptors (Lipinski definition) is 4. The summed E-state index contributed by atoms with van der Waals surface area (Å²) in [6.45, 7) is 4.68. The lowest BCUT2D eigenvalue weighted by Gasteiger charge is -2.26. The molecular formula is C22H25Cl2N3O3. The van der Waals surface area contributed by atoms with Crippen molar-refractivity contribution in [1.82, 2.24) is 10.2 Å². The number of ether oxygens (including phenoxy) is 1. The molecule has 1 aliphatic rings. The summed E-state index contributed by atoms with van der Waals surface area (Å²) in [6, 6.07) is 12.9. The van der Waals surface area contributed by atoms with Crippen molar-refractivity contribution in [3.63, 3.8) is 0 Å². The van der Waals surface area contributed by atoms with Crippen molar-refractivity contribution in [3.8, 4) is 5.75 Å². The predicted molar refractivity (Wildman–Crippen MR) is 120 cm³/mol. The van der Waals surface area contributed by atoms with Gasteiger partial charge in [-0.25, -0.2) is 4.79 Å². The first-order chi connectivity index (χ1) is 14.4. The minimum absolute atomic E-state index is 0.0258. The molecule has 30 heavy (non-hydrogen) atoms. The molecule has 0 radical (unpaired) electrons. The van der Waals surface area contributed by atoms with Crippen molar-refractivity contribution in [3.05, 3.63) is 63.6 Å². The van der Waals surface area contributed by atoms with Crippen LogP contribution in [0.3, 0.4) is 0 Å². The van der Waals surface area contributed by atoms with Crippen LogP contribution in [0.1, 0.15) is 31.4 Å². The molecule has 2 aromatic carbocycles. The number of nitrogens with zero attached hydrogens (tertiary/aromatic N) is 2. The molecule has 6 nitrogen and oxygen atoms in total. The zero-order chi connectivity index (χ0) is 21.7. The molecule has 0 fully saturated rings. The Balaban J connectivity index is 1.70. The number of halogens is 2. The summed E-state index contributed by atoms with van der Waals surface area (Å²) < 4.78 is 5.29. The van der Waals surface area contributed by atoms with Crippen LogP contribution >= 0.6 is 23.2 Å². The third-order valence-electron chi connectivity index (χ3n) is 4.62. The van der Waals surface area contributed by atoms with Gasteiger partial charge in [0.2, 0.25) is 0 Å². The van der Waals surface area contributed by atoms with Gasteiger partial charge >= 0.3 is 6.03 Å². The van der Waals surface area contributed by atoms with Gasteiger partial charge in [0, 0.05) is 24.6 Å². The molecule has 0 spiro atoms. The van der Waals surface area contributed by atoms with E-state index in [0.717, 1.165) is 22.6 Å². The molecule has 2 amide bonds. The summed E-state index contributed by atoms with van der Waals surface area (Å²) in [7, 11) is 1.62. The SMILES string of the molecule is COc1cccc(CN(C[C@@H]2CC(c3ccc(Cl)c(Cl)c3)=NO2)C(=O)NC(C)C)c1. The Labute approximate surface area is 186 Å². The second-order valence-electron chi connectivity index (χ2n) is 7.43. The van der Waals surface area contributed by atoms with Gasteiger partial charge in [-0.1, -0.05) is 46.6 Å². The summed E-state index contributed by atoms with van der Waals surface area (Å²) in [5.74, 6) is 0.749. The Kier molecular flexibility index (Phi) is 7.45. The third kappa shape index (κ3) is 5.80. The van der Waals surface area contributed by atoms with Crippen LogP contribution < -0.4 is 10.1 Å². The fourth-order valence-electron chi connectivity index (χ4n) is 3.17. The van der Waals surface area contributed by atoms with E-state index >= 15 is 0 Å². The van der Waals surface area contributed by atoms with E-state index < -0.39 is 0 Å². The summed E-state index contributed by atoms with van der Waals surface area (Å²) in [5.41, 5.74) is 2.61. The number of hydrogen-bond donors (Lipinski definition) is 1. The summed E-state index contributed by atoms with van der Waals surface area (Å²) in [6.07, 6.45) is 0.319. The molecule has 1 heterocycles. The normalized spacial score (nSPS) is 15.5. The Hall–Kier alpha value is -2.44. The molecule has 8 heteroatoms. The van der Waals surface area contributed by atoms with Crippen molar-refractivity contribution in [2.45, 2.75) is 39.0 Å². The lowest BCUT2D eigenvalue weighted by molar-refractivity contribution is 0.0586. The highest BCUT2D eigenvalue weighted by Gasteiger charge is 2.27. The highest BCUT2D eigenvalue weighted by atomic mass is 35.5. The van der Waals surface area contributed by atoms with Gasteiger partial charge in [0.1, 0.15) is 5.75 Å². The zero-order valence-electron chi connectivity index (χ0n) is 17.2. The Bertz CT molecular complexity index is 934. The highest BCUT2D eigenvalue weighted by molar-refractivity contribution is 6.42. The van der Waals surface area contributed by atoms with E-state index in [9.17, 15) is 4.79 Å². The maximum atomic E-state index is 12.8. The van der Waals surface area contributed by atoms with Gasteiger partial charge in [-0.05, 0) is 43.7 Å². The third-order valence-corrected chi connectivity index (χ3v) is 5.36. The Morgan fingerprint density at radius 3 is 2.77 bits per heavy atom. The van der Waals surface area contributed by atoms with Gasteiger partial charge < -0.3 is 19.8 Å². The number of oxime groups is 1. The summed E-state index contributed by atoms with van der Waals surface area (Å²) in [4.78, 5) is 20.1. The van der Waals surface area contributed by atoms with Crippen LogP contribution in [0.2, 0.25) is 10.0 Å². The number of rotatable bonds is 7. The molecule has 0 saturated carbocycles. The van der Waals surface area contributed by atoms with Crippen LogP contribution in [0.4, 0.5) is 4.79 Å². The number of amides is 2. The average molecular weight is 450 g/mol. The number of benzene rings is 2. The van der Waals surface area contributed by atoms with Crippen LogP contribution in [0.25, 0.3) is 0 Å². The maximum absolute atomic E-state index is 12.8. The average Bonchev–Trinajstić information content (AvgIpc) is 3.18. The topological polar surface area (TPSA) is 63.2 Å². The zero-order valence-corrected chi connectivity index (χ0v) is 18.7. The predicted octanol–water partition coefficient (Wildman–Crippen LogP) is 5.12. The van der Waals surface area contributed by atoms with Crippen molar-refractivity contribution < 1.29 is 14.4 Å². The quantitative estimate of drug-likeness (QED) is 0.637. The molecule has 2 aromatic rings. The van der Waals surface area contributed by atoms with E-state index in [-0.39, 0.29) is 18.2 Å². The second-order valence-corrected chi connectivity index (χ2v) is 8.25. The number of urea groups is 1. The van der Waals surface area contributed by atoms with Gasteiger partial charge in [0.25, 0.3) is 0 Å².